The minimum Gasteiger partial charge on any atom is -0.392 e. The number of hydrogen-bond donors (Lipinski definition) is 1. The van der Waals surface area contributed by atoms with Crippen molar-refractivity contribution in [1.29, 1.82) is 0 Å². The van der Waals surface area contributed by atoms with Gasteiger partial charge in [0.2, 0.25) is 0 Å². The highest BCUT2D eigenvalue weighted by Crippen LogP contribution is 2.42. The molecule has 3 aliphatic heterocycles. The molecule has 3 heterocycles. The maximum absolute atomic E-state index is 10.0. The fourth-order valence-electron chi connectivity index (χ4n) is 4.15. The summed E-state index contributed by atoms with van der Waals surface area (Å²) in [7, 11) is 0. The molecule has 0 radical (unpaired) electrons. The summed E-state index contributed by atoms with van der Waals surface area (Å²) in [5.41, 5.74) is 2.11. The van der Waals surface area contributed by atoms with Crippen LogP contribution in [-0.4, -0.2) is 59.1 Å². The lowest BCUT2D eigenvalue weighted by atomic mass is 10.1. The highest BCUT2D eigenvalue weighted by molar-refractivity contribution is 7.99. The fourth-order valence-corrected chi connectivity index (χ4v) is 5.31. The summed E-state index contributed by atoms with van der Waals surface area (Å²) in [5, 5.41) is 10.7. The van der Waals surface area contributed by atoms with Gasteiger partial charge in [-0.05, 0) is 30.7 Å². The Morgan fingerprint density at radius 2 is 1.96 bits per heavy atom. The van der Waals surface area contributed by atoms with Crippen LogP contribution in [0.2, 0.25) is 5.02 Å². The quantitative estimate of drug-likeness (QED) is 0.751. The number of halogens is 1. The summed E-state index contributed by atoms with van der Waals surface area (Å²) in [5.74, 6) is 1.02. The molecule has 0 saturated carbocycles. The van der Waals surface area contributed by atoms with Gasteiger partial charge in [0.15, 0.2) is 0 Å². The number of aliphatic hydroxyl groups is 1. The predicted molar refractivity (Wildman–Crippen MR) is 106 cm³/mol. The second kappa shape index (κ2) is 6.57. The zero-order chi connectivity index (χ0) is 17.7. The Morgan fingerprint density at radius 3 is 2.88 bits per heavy atom. The van der Waals surface area contributed by atoms with Crippen LogP contribution in [-0.2, 0) is 0 Å². The van der Waals surface area contributed by atoms with Crippen LogP contribution in [0.15, 0.2) is 57.2 Å². The van der Waals surface area contributed by atoms with Crippen molar-refractivity contribution >= 4 is 34.9 Å². The monoisotopic (exact) mass is 385 g/mol. The van der Waals surface area contributed by atoms with Crippen molar-refractivity contribution in [3.8, 4) is 0 Å². The second-order valence-corrected chi connectivity index (χ2v) is 8.65. The number of benzene rings is 2. The van der Waals surface area contributed by atoms with Crippen molar-refractivity contribution < 1.29 is 5.11 Å². The minimum absolute atomic E-state index is 0.196. The minimum atomic E-state index is -0.196. The summed E-state index contributed by atoms with van der Waals surface area (Å²) in [6.07, 6.45) is 0.654. The van der Waals surface area contributed by atoms with Crippen molar-refractivity contribution in [2.24, 2.45) is 4.99 Å². The molecular formula is C20H20ClN3OS. The topological polar surface area (TPSA) is 39.1 Å². The standard InChI is InChI=1S/C20H20ClN3OS/c21-13-5-6-19-17(9-13)22-20(16-3-1-2-4-18(16)26-19)24-8-7-23-12-15(25)10-14(23)11-24/h1-6,9,14-15,25H,7-8,10-12H2/t14-,15-/m0/s1. The largest absolute Gasteiger partial charge is 0.392 e. The van der Waals surface area contributed by atoms with Gasteiger partial charge in [0, 0.05) is 52.6 Å². The van der Waals surface area contributed by atoms with E-state index in [4.69, 9.17) is 16.6 Å². The van der Waals surface area contributed by atoms with E-state index < -0.39 is 0 Å². The van der Waals surface area contributed by atoms with Crippen LogP contribution >= 0.6 is 23.4 Å². The Hall–Kier alpha value is -1.53. The molecule has 2 aromatic carbocycles. The summed E-state index contributed by atoms with van der Waals surface area (Å²) in [4.78, 5) is 12.2. The van der Waals surface area contributed by atoms with Crippen molar-refractivity contribution in [2.75, 3.05) is 26.2 Å². The van der Waals surface area contributed by atoms with Crippen LogP contribution in [0.4, 0.5) is 5.69 Å². The molecule has 2 saturated heterocycles. The number of aliphatic imine (C=N–C) groups is 1. The Morgan fingerprint density at radius 1 is 1.08 bits per heavy atom. The van der Waals surface area contributed by atoms with Gasteiger partial charge in [-0.15, -0.1) is 0 Å². The van der Waals surface area contributed by atoms with E-state index in [9.17, 15) is 5.11 Å². The van der Waals surface area contributed by atoms with Gasteiger partial charge in [0.05, 0.1) is 11.8 Å². The summed E-state index contributed by atoms with van der Waals surface area (Å²) in [6.45, 7) is 3.61. The number of rotatable bonds is 0. The Labute approximate surface area is 162 Å². The smallest absolute Gasteiger partial charge is 0.137 e. The summed E-state index contributed by atoms with van der Waals surface area (Å²) < 4.78 is 0. The molecule has 2 aromatic rings. The van der Waals surface area contributed by atoms with Gasteiger partial charge in [0.25, 0.3) is 0 Å². The van der Waals surface area contributed by atoms with Crippen LogP contribution < -0.4 is 0 Å². The molecule has 4 nitrogen and oxygen atoms in total. The maximum atomic E-state index is 10.0. The zero-order valence-electron chi connectivity index (χ0n) is 14.3. The highest BCUT2D eigenvalue weighted by Gasteiger charge is 2.37. The first kappa shape index (κ1) is 16.6. The van der Waals surface area contributed by atoms with Crippen LogP contribution in [0.25, 0.3) is 0 Å². The molecular weight excluding hydrogens is 366 g/mol. The van der Waals surface area contributed by atoms with Crippen LogP contribution in [0.3, 0.4) is 0 Å². The van der Waals surface area contributed by atoms with E-state index in [1.54, 1.807) is 11.8 Å². The van der Waals surface area contributed by atoms with Crippen LogP contribution in [0, 0.1) is 0 Å². The molecule has 1 N–H and O–H groups in total. The molecule has 5 rings (SSSR count). The number of nitrogens with zero attached hydrogens (tertiary/aromatic N) is 3. The normalized spacial score (nSPS) is 25.2. The first-order valence-corrected chi connectivity index (χ1v) is 10.2. The maximum Gasteiger partial charge on any atom is 0.137 e. The summed E-state index contributed by atoms with van der Waals surface area (Å²) >= 11 is 7.99. The molecule has 0 bridgehead atoms. The Balaban J connectivity index is 1.57. The van der Waals surface area contributed by atoms with E-state index in [2.05, 4.69) is 40.1 Å². The van der Waals surface area contributed by atoms with Crippen molar-refractivity contribution in [3.63, 3.8) is 0 Å². The number of amidine groups is 1. The molecule has 0 unspecified atom stereocenters. The third-order valence-corrected chi connectivity index (χ3v) is 6.76. The lowest BCUT2D eigenvalue weighted by molar-refractivity contribution is 0.143. The van der Waals surface area contributed by atoms with Gasteiger partial charge in [-0.1, -0.05) is 41.6 Å². The molecule has 0 aliphatic carbocycles. The molecule has 6 heteroatoms. The van der Waals surface area contributed by atoms with Gasteiger partial charge in [-0.2, -0.15) is 0 Å². The number of aliphatic hydroxyl groups excluding tert-OH is 1. The lowest BCUT2D eigenvalue weighted by Crippen LogP contribution is -2.52. The summed E-state index contributed by atoms with van der Waals surface area (Å²) in [6, 6.07) is 14.8. The van der Waals surface area contributed by atoms with Crippen LogP contribution in [0.5, 0.6) is 0 Å². The van der Waals surface area contributed by atoms with E-state index in [1.807, 2.05) is 12.1 Å². The number of fused-ring (bicyclic) bond motifs is 3. The average molecular weight is 386 g/mol. The van der Waals surface area contributed by atoms with Crippen molar-refractivity contribution in [2.45, 2.75) is 28.4 Å². The van der Waals surface area contributed by atoms with E-state index in [1.165, 1.54) is 10.5 Å². The van der Waals surface area contributed by atoms with Crippen molar-refractivity contribution in [1.82, 2.24) is 9.80 Å². The van der Waals surface area contributed by atoms with E-state index in [0.29, 0.717) is 11.1 Å². The number of hydrogen-bond acceptors (Lipinski definition) is 5. The zero-order valence-corrected chi connectivity index (χ0v) is 15.9. The van der Waals surface area contributed by atoms with Gasteiger partial charge in [0.1, 0.15) is 5.84 Å². The predicted octanol–water partition coefficient (Wildman–Crippen LogP) is 3.63. The molecule has 2 atom stereocenters. The van der Waals surface area contributed by atoms with Gasteiger partial charge >= 0.3 is 0 Å². The van der Waals surface area contributed by atoms with E-state index in [-0.39, 0.29) is 6.10 Å². The first-order valence-electron chi connectivity index (χ1n) is 9.00. The van der Waals surface area contributed by atoms with Gasteiger partial charge in [-0.25, -0.2) is 4.99 Å². The third kappa shape index (κ3) is 2.93. The number of piperazine rings is 1. The van der Waals surface area contributed by atoms with E-state index in [0.717, 1.165) is 49.0 Å². The van der Waals surface area contributed by atoms with Crippen molar-refractivity contribution in [3.05, 3.63) is 53.1 Å². The highest BCUT2D eigenvalue weighted by atomic mass is 35.5. The van der Waals surface area contributed by atoms with Gasteiger partial charge in [-0.3, -0.25) is 4.90 Å². The average Bonchev–Trinajstić information content (AvgIpc) is 2.92. The fraction of sp³-hybridized carbons (Fsp3) is 0.350. The second-order valence-electron chi connectivity index (χ2n) is 7.13. The first-order chi connectivity index (χ1) is 12.7. The molecule has 134 valence electrons. The third-order valence-electron chi connectivity index (χ3n) is 5.39. The lowest BCUT2D eigenvalue weighted by Gasteiger charge is -2.39. The molecule has 2 fully saturated rings. The molecule has 3 aliphatic rings. The van der Waals surface area contributed by atoms with Crippen LogP contribution in [0.1, 0.15) is 12.0 Å². The van der Waals surface area contributed by atoms with Gasteiger partial charge < -0.3 is 10.0 Å². The Kier molecular flexibility index (Phi) is 4.20. The SMILES string of the molecule is O[C@H]1C[C@H]2CN(C3=Nc4cc(Cl)ccc4Sc4ccccc43)CCN2C1. The van der Waals surface area contributed by atoms with E-state index >= 15 is 0 Å². The molecule has 26 heavy (non-hydrogen) atoms. The molecule has 0 amide bonds. The Bertz CT molecular complexity index is 887. The molecule has 0 spiro atoms. The molecule has 0 aromatic heterocycles.